The number of carbonyl (C=O) groups excluding carboxylic acids is 1. The summed E-state index contributed by atoms with van der Waals surface area (Å²) in [6.45, 7) is 0.582. The molecule has 0 radical (unpaired) electrons. The van der Waals surface area contributed by atoms with Crippen LogP contribution in [0.1, 0.15) is 31.2 Å². The maximum atomic E-state index is 12.0. The van der Waals surface area contributed by atoms with Crippen LogP contribution < -0.4 is 10.6 Å². The summed E-state index contributed by atoms with van der Waals surface area (Å²) in [6, 6.07) is 4.93. The molecule has 0 aromatic heterocycles. The molecule has 1 saturated carbocycles. The molecule has 0 atom stereocenters. The molecule has 0 bridgehead atoms. The van der Waals surface area contributed by atoms with Crippen LogP contribution in [0.5, 0.6) is 0 Å². The van der Waals surface area contributed by atoms with Gasteiger partial charge in [-0.2, -0.15) is 0 Å². The monoisotopic (exact) mass is 312 g/mol. The van der Waals surface area contributed by atoms with Gasteiger partial charge < -0.3 is 20.5 Å². The maximum absolute atomic E-state index is 12.0. The molecule has 2 amide bonds. The molecule has 1 aliphatic rings. The van der Waals surface area contributed by atoms with Crippen molar-refractivity contribution in [2.45, 2.75) is 37.9 Å². The van der Waals surface area contributed by atoms with Gasteiger partial charge in [-0.3, -0.25) is 0 Å². The number of anilines is 1. The zero-order valence-corrected chi connectivity index (χ0v) is 12.9. The molecule has 0 saturated heterocycles. The van der Waals surface area contributed by atoms with E-state index in [1.807, 2.05) is 0 Å². The first-order valence-electron chi connectivity index (χ1n) is 7.08. The number of hydrogen-bond acceptors (Lipinski definition) is 3. The van der Waals surface area contributed by atoms with Crippen molar-refractivity contribution < 1.29 is 14.6 Å². The van der Waals surface area contributed by atoms with Gasteiger partial charge in [0.1, 0.15) is 0 Å². The summed E-state index contributed by atoms with van der Waals surface area (Å²) in [5.74, 6) is 0. The zero-order valence-electron chi connectivity index (χ0n) is 12.1. The standard InChI is InChI=1S/C15H21ClN2O3/c1-21-9-11-12(16)5-4-6-13(11)18-14(19)17-10-15(20)7-2-3-8-15/h4-6,20H,2-3,7-10H2,1H3,(H2,17,18,19). The number of benzene rings is 1. The Labute approximate surface area is 129 Å². The van der Waals surface area contributed by atoms with E-state index in [0.717, 1.165) is 31.2 Å². The third-order valence-corrected chi connectivity index (χ3v) is 4.12. The second-order valence-corrected chi connectivity index (χ2v) is 5.85. The maximum Gasteiger partial charge on any atom is 0.319 e. The summed E-state index contributed by atoms with van der Waals surface area (Å²) < 4.78 is 5.09. The zero-order chi connectivity index (χ0) is 15.3. The molecule has 5 nitrogen and oxygen atoms in total. The van der Waals surface area contributed by atoms with Crippen LogP contribution in [0.2, 0.25) is 5.02 Å². The molecule has 1 aromatic rings. The normalized spacial score (nSPS) is 16.7. The van der Waals surface area contributed by atoms with Crippen molar-refractivity contribution in [1.29, 1.82) is 0 Å². The fourth-order valence-corrected chi connectivity index (χ4v) is 2.82. The van der Waals surface area contributed by atoms with Gasteiger partial charge in [0.15, 0.2) is 0 Å². The van der Waals surface area contributed by atoms with Crippen LogP contribution in [0, 0.1) is 0 Å². The number of ether oxygens (including phenoxy) is 1. The van der Waals surface area contributed by atoms with Crippen molar-refractivity contribution >= 4 is 23.3 Å². The van der Waals surface area contributed by atoms with Crippen LogP contribution in [0.15, 0.2) is 18.2 Å². The third kappa shape index (κ3) is 4.33. The number of methoxy groups -OCH3 is 1. The Morgan fingerprint density at radius 3 is 2.81 bits per heavy atom. The van der Waals surface area contributed by atoms with Crippen LogP contribution in [0.3, 0.4) is 0 Å². The number of carbonyl (C=O) groups is 1. The third-order valence-electron chi connectivity index (χ3n) is 3.77. The lowest BCUT2D eigenvalue weighted by Crippen LogP contribution is -2.42. The van der Waals surface area contributed by atoms with Crippen LogP contribution in [-0.2, 0) is 11.3 Å². The van der Waals surface area contributed by atoms with Gasteiger partial charge >= 0.3 is 6.03 Å². The van der Waals surface area contributed by atoms with Gasteiger partial charge in [0.25, 0.3) is 0 Å². The molecule has 6 heteroatoms. The summed E-state index contributed by atoms with van der Waals surface area (Å²) in [4.78, 5) is 12.0. The number of halogens is 1. The van der Waals surface area contributed by atoms with Gasteiger partial charge in [0, 0.05) is 29.9 Å². The topological polar surface area (TPSA) is 70.6 Å². The van der Waals surface area contributed by atoms with Crippen LogP contribution in [0.4, 0.5) is 10.5 Å². The fourth-order valence-electron chi connectivity index (χ4n) is 2.59. The molecule has 2 rings (SSSR count). The predicted octanol–water partition coefficient (Wildman–Crippen LogP) is 2.91. The van der Waals surface area contributed by atoms with Crippen LogP contribution in [0.25, 0.3) is 0 Å². The summed E-state index contributed by atoms with van der Waals surface area (Å²) in [5, 5.41) is 16.2. The molecule has 1 aromatic carbocycles. The Kier molecular flexibility index (Phi) is 5.45. The summed E-state index contributed by atoms with van der Waals surface area (Å²) in [5.41, 5.74) is 0.581. The number of amides is 2. The minimum Gasteiger partial charge on any atom is -0.388 e. The average Bonchev–Trinajstić information content (AvgIpc) is 2.88. The number of nitrogens with one attached hydrogen (secondary N) is 2. The number of hydrogen-bond donors (Lipinski definition) is 3. The highest BCUT2D eigenvalue weighted by Gasteiger charge is 2.31. The van der Waals surface area contributed by atoms with E-state index in [4.69, 9.17) is 16.3 Å². The lowest BCUT2D eigenvalue weighted by molar-refractivity contribution is 0.0506. The smallest absolute Gasteiger partial charge is 0.319 e. The summed E-state index contributed by atoms with van der Waals surface area (Å²) >= 11 is 6.10. The van der Waals surface area contributed by atoms with Crippen molar-refractivity contribution in [3.05, 3.63) is 28.8 Å². The van der Waals surface area contributed by atoms with E-state index >= 15 is 0 Å². The molecule has 0 aliphatic heterocycles. The molecule has 1 aliphatic carbocycles. The highest BCUT2D eigenvalue weighted by Crippen LogP contribution is 2.29. The van der Waals surface area contributed by atoms with E-state index < -0.39 is 5.60 Å². The van der Waals surface area contributed by atoms with Gasteiger partial charge in [-0.05, 0) is 25.0 Å². The SMILES string of the molecule is COCc1c(Cl)cccc1NC(=O)NCC1(O)CCCC1. The summed E-state index contributed by atoms with van der Waals surface area (Å²) in [7, 11) is 1.57. The second-order valence-electron chi connectivity index (χ2n) is 5.44. The Morgan fingerprint density at radius 1 is 1.43 bits per heavy atom. The van der Waals surface area contributed by atoms with Crippen molar-refractivity contribution in [2.24, 2.45) is 0 Å². The molecule has 1 fully saturated rings. The highest BCUT2D eigenvalue weighted by atomic mass is 35.5. The Bertz CT molecular complexity index is 502. The minimum atomic E-state index is -0.763. The van der Waals surface area contributed by atoms with Crippen LogP contribution >= 0.6 is 11.6 Å². The van der Waals surface area contributed by atoms with Gasteiger partial charge in [0.2, 0.25) is 0 Å². The van der Waals surface area contributed by atoms with E-state index in [9.17, 15) is 9.90 Å². The quantitative estimate of drug-likeness (QED) is 0.783. The van der Waals surface area contributed by atoms with Crippen LogP contribution in [-0.4, -0.2) is 30.4 Å². The first-order valence-corrected chi connectivity index (χ1v) is 7.45. The van der Waals surface area contributed by atoms with E-state index in [-0.39, 0.29) is 12.6 Å². The molecule has 0 heterocycles. The first kappa shape index (κ1) is 16.1. The largest absolute Gasteiger partial charge is 0.388 e. The Hall–Kier alpha value is -1.30. The molecular formula is C15H21ClN2O3. The van der Waals surface area contributed by atoms with E-state index in [2.05, 4.69) is 10.6 Å². The Morgan fingerprint density at radius 2 is 2.14 bits per heavy atom. The van der Waals surface area contributed by atoms with E-state index in [0.29, 0.717) is 17.3 Å². The van der Waals surface area contributed by atoms with Gasteiger partial charge in [0.05, 0.1) is 12.2 Å². The molecular weight excluding hydrogens is 292 g/mol. The molecule has 0 unspecified atom stereocenters. The lowest BCUT2D eigenvalue weighted by Gasteiger charge is -2.22. The van der Waals surface area contributed by atoms with Crippen molar-refractivity contribution in [1.82, 2.24) is 5.32 Å². The van der Waals surface area contributed by atoms with Crippen molar-refractivity contribution in [2.75, 3.05) is 19.0 Å². The number of rotatable bonds is 5. The fraction of sp³-hybridized carbons (Fsp3) is 0.533. The molecule has 21 heavy (non-hydrogen) atoms. The molecule has 116 valence electrons. The highest BCUT2D eigenvalue weighted by molar-refractivity contribution is 6.31. The lowest BCUT2D eigenvalue weighted by atomic mass is 10.0. The van der Waals surface area contributed by atoms with Gasteiger partial charge in [-0.15, -0.1) is 0 Å². The van der Waals surface area contributed by atoms with E-state index in [1.165, 1.54) is 0 Å². The average molecular weight is 313 g/mol. The molecule has 3 N–H and O–H groups in total. The van der Waals surface area contributed by atoms with Gasteiger partial charge in [-0.25, -0.2) is 4.79 Å². The van der Waals surface area contributed by atoms with Crippen molar-refractivity contribution in [3.8, 4) is 0 Å². The van der Waals surface area contributed by atoms with Crippen molar-refractivity contribution in [3.63, 3.8) is 0 Å². The first-order chi connectivity index (χ1) is 10.0. The van der Waals surface area contributed by atoms with Gasteiger partial charge in [-0.1, -0.05) is 30.5 Å². The number of aliphatic hydroxyl groups is 1. The Balaban J connectivity index is 1.94. The molecule has 0 spiro atoms. The van der Waals surface area contributed by atoms with E-state index in [1.54, 1.807) is 25.3 Å². The number of urea groups is 1. The minimum absolute atomic E-state index is 0.263. The summed E-state index contributed by atoms with van der Waals surface area (Å²) in [6.07, 6.45) is 3.48. The predicted molar refractivity (Wildman–Crippen MR) is 82.6 cm³/mol. The second kappa shape index (κ2) is 7.11.